The molecule has 1 aliphatic heterocycles. The van der Waals surface area contributed by atoms with Gasteiger partial charge in [-0.3, -0.25) is 4.90 Å². The fourth-order valence-corrected chi connectivity index (χ4v) is 3.05. The Morgan fingerprint density at radius 3 is 2.70 bits per heavy atom. The molecule has 2 aliphatic rings. The van der Waals surface area contributed by atoms with E-state index in [-0.39, 0.29) is 18.2 Å². The van der Waals surface area contributed by atoms with Crippen LogP contribution in [0.5, 0.6) is 0 Å². The number of amides is 1. The van der Waals surface area contributed by atoms with E-state index in [4.69, 9.17) is 4.74 Å². The first kappa shape index (κ1) is 16.2. The van der Waals surface area contributed by atoms with Gasteiger partial charge in [-0.25, -0.2) is 9.78 Å². The van der Waals surface area contributed by atoms with Crippen LogP contribution in [0.25, 0.3) is 0 Å². The quantitative estimate of drug-likeness (QED) is 0.921. The van der Waals surface area contributed by atoms with E-state index in [1.807, 2.05) is 26.8 Å². The molecule has 1 amide bonds. The molecule has 23 heavy (non-hydrogen) atoms. The minimum absolute atomic E-state index is 0.224. The van der Waals surface area contributed by atoms with Gasteiger partial charge in [-0.1, -0.05) is 12.5 Å². The van der Waals surface area contributed by atoms with E-state index >= 15 is 0 Å². The van der Waals surface area contributed by atoms with Gasteiger partial charge in [0, 0.05) is 23.8 Å². The lowest BCUT2D eigenvalue weighted by Crippen LogP contribution is -2.40. The van der Waals surface area contributed by atoms with Gasteiger partial charge in [-0.05, 0) is 59.1 Å². The van der Waals surface area contributed by atoms with Gasteiger partial charge in [0.05, 0.1) is 0 Å². The first-order valence-corrected chi connectivity index (χ1v) is 8.66. The molecule has 0 aromatic carbocycles. The van der Waals surface area contributed by atoms with Crippen LogP contribution in [0.4, 0.5) is 10.6 Å². The molecule has 2 heterocycles. The molecule has 1 unspecified atom stereocenters. The average Bonchev–Trinajstić information content (AvgIpc) is 3.32. The van der Waals surface area contributed by atoms with Gasteiger partial charge in [-0.2, -0.15) is 0 Å². The number of rotatable bonds is 3. The first-order valence-electron chi connectivity index (χ1n) is 8.66. The summed E-state index contributed by atoms with van der Waals surface area (Å²) in [6.07, 6.45) is 7.04. The number of nitrogens with zero attached hydrogens (tertiary/aromatic N) is 2. The lowest BCUT2D eigenvalue weighted by molar-refractivity contribution is 0.0576. The van der Waals surface area contributed by atoms with Crippen molar-refractivity contribution in [1.82, 2.24) is 10.3 Å². The summed E-state index contributed by atoms with van der Waals surface area (Å²) in [4.78, 5) is 19.0. The summed E-state index contributed by atoms with van der Waals surface area (Å²) in [6.45, 7) is 6.73. The molecule has 2 fully saturated rings. The van der Waals surface area contributed by atoms with Gasteiger partial charge in [0.1, 0.15) is 11.4 Å². The molecule has 3 rings (SSSR count). The van der Waals surface area contributed by atoms with Crippen LogP contribution < -0.4 is 10.2 Å². The molecule has 0 radical (unpaired) electrons. The number of carbonyl (C=O) groups excluding carboxylic acids is 1. The largest absolute Gasteiger partial charge is 0.443 e. The second-order valence-corrected chi connectivity index (χ2v) is 7.50. The topological polar surface area (TPSA) is 54.5 Å². The number of carbonyl (C=O) groups is 1. The van der Waals surface area contributed by atoms with E-state index in [9.17, 15) is 4.79 Å². The van der Waals surface area contributed by atoms with Crippen molar-refractivity contribution in [2.45, 2.75) is 70.6 Å². The van der Waals surface area contributed by atoms with Gasteiger partial charge in [0.15, 0.2) is 0 Å². The molecule has 126 valence electrons. The van der Waals surface area contributed by atoms with Crippen molar-refractivity contribution >= 4 is 11.9 Å². The number of anilines is 1. The second-order valence-electron chi connectivity index (χ2n) is 7.50. The summed E-state index contributed by atoms with van der Waals surface area (Å²) >= 11 is 0. The SMILES string of the molecule is CC(C)(C)OC(=O)N(c1ncccc1C1CCCCN1)C1CC1. The zero-order valence-corrected chi connectivity index (χ0v) is 14.3. The third kappa shape index (κ3) is 4.02. The predicted octanol–water partition coefficient (Wildman–Crippen LogP) is 3.80. The van der Waals surface area contributed by atoms with Crippen molar-refractivity contribution in [2.24, 2.45) is 0 Å². The van der Waals surface area contributed by atoms with Crippen LogP contribution in [0.15, 0.2) is 18.3 Å². The van der Waals surface area contributed by atoms with Crippen LogP contribution >= 0.6 is 0 Å². The van der Waals surface area contributed by atoms with Crippen LogP contribution in [0.3, 0.4) is 0 Å². The molecule has 1 saturated heterocycles. The van der Waals surface area contributed by atoms with Crippen molar-refractivity contribution in [2.75, 3.05) is 11.4 Å². The van der Waals surface area contributed by atoms with E-state index < -0.39 is 5.60 Å². The molecule has 1 aromatic rings. The number of hydrogen-bond donors (Lipinski definition) is 1. The van der Waals surface area contributed by atoms with Gasteiger partial charge >= 0.3 is 6.09 Å². The number of piperidine rings is 1. The summed E-state index contributed by atoms with van der Waals surface area (Å²) in [5.41, 5.74) is 0.618. The van der Waals surface area contributed by atoms with E-state index in [0.717, 1.165) is 37.2 Å². The average molecular weight is 317 g/mol. The standard InChI is InChI=1S/C18H27N3O2/c1-18(2,3)23-17(22)21(13-9-10-13)16-14(7-6-12-20-16)15-8-4-5-11-19-15/h6-7,12-13,15,19H,4-5,8-11H2,1-3H3. The molecule has 5 heteroatoms. The summed E-state index contributed by atoms with van der Waals surface area (Å²) in [7, 11) is 0. The van der Waals surface area contributed by atoms with E-state index in [1.165, 1.54) is 12.8 Å². The molecule has 1 saturated carbocycles. The maximum atomic E-state index is 12.7. The Hall–Kier alpha value is -1.62. The van der Waals surface area contributed by atoms with Gasteiger partial charge < -0.3 is 10.1 Å². The lowest BCUT2D eigenvalue weighted by atomic mass is 9.97. The number of ether oxygens (including phenoxy) is 1. The molecule has 1 atom stereocenters. The van der Waals surface area contributed by atoms with Crippen molar-refractivity contribution < 1.29 is 9.53 Å². The summed E-state index contributed by atoms with van der Waals surface area (Å²) in [6, 6.07) is 4.54. The maximum Gasteiger partial charge on any atom is 0.416 e. The van der Waals surface area contributed by atoms with Gasteiger partial charge in [0.2, 0.25) is 0 Å². The summed E-state index contributed by atoms with van der Waals surface area (Å²) in [5.74, 6) is 0.767. The van der Waals surface area contributed by atoms with Crippen molar-refractivity contribution in [3.63, 3.8) is 0 Å². The Morgan fingerprint density at radius 2 is 2.09 bits per heavy atom. The Bertz CT molecular complexity index is 558. The normalized spacial score (nSPS) is 21.8. The highest BCUT2D eigenvalue weighted by Crippen LogP contribution is 2.37. The fraction of sp³-hybridized carbons (Fsp3) is 0.667. The van der Waals surface area contributed by atoms with Crippen molar-refractivity contribution in [3.8, 4) is 0 Å². The Kier molecular flexibility index (Phi) is 4.57. The van der Waals surface area contributed by atoms with Crippen LogP contribution in [0, 0.1) is 0 Å². The summed E-state index contributed by atoms with van der Waals surface area (Å²) in [5, 5.41) is 3.56. The first-order chi connectivity index (χ1) is 11.0. The van der Waals surface area contributed by atoms with Crippen molar-refractivity contribution in [3.05, 3.63) is 23.9 Å². The van der Waals surface area contributed by atoms with Crippen molar-refractivity contribution in [1.29, 1.82) is 0 Å². The minimum atomic E-state index is -0.498. The van der Waals surface area contributed by atoms with E-state index in [2.05, 4.69) is 16.4 Å². The smallest absolute Gasteiger partial charge is 0.416 e. The molecule has 5 nitrogen and oxygen atoms in total. The molecule has 1 aromatic heterocycles. The Balaban J connectivity index is 1.89. The maximum absolute atomic E-state index is 12.7. The number of hydrogen-bond acceptors (Lipinski definition) is 4. The molecular formula is C18H27N3O2. The Morgan fingerprint density at radius 1 is 1.30 bits per heavy atom. The van der Waals surface area contributed by atoms with Gasteiger partial charge in [-0.15, -0.1) is 0 Å². The zero-order chi connectivity index (χ0) is 16.4. The fourth-order valence-electron chi connectivity index (χ4n) is 3.05. The highest BCUT2D eigenvalue weighted by molar-refractivity contribution is 5.89. The van der Waals surface area contributed by atoms with Gasteiger partial charge in [0.25, 0.3) is 0 Å². The molecular weight excluding hydrogens is 290 g/mol. The number of aromatic nitrogens is 1. The second kappa shape index (κ2) is 6.48. The molecule has 0 spiro atoms. The highest BCUT2D eigenvalue weighted by atomic mass is 16.6. The van der Waals surface area contributed by atoms with E-state index in [1.54, 1.807) is 11.1 Å². The van der Waals surface area contributed by atoms with Crippen LogP contribution in [-0.4, -0.2) is 29.3 Å². The zero-order valence-electron chi connectivity index (χ0n) is 14.3. The minimum Gasteiger partial charge on any atom is -0.443 e. The highest BCUT2D eigenvalue weighted by Gasteiger charge is 2.39. The van der Waals surface area contributed by atoms with Crippen LogP contribution in [0.2, 0.25) is 0 Å². The van der Waals surface area contributed by atoms with Crippen LogP contribution in [-0.2, 0) is 4.74 Å². The monoisotopic (exact) mass is 317 g/mol. The molecule has 1 aliphatic carbocycles. The van der Waals surface area contributed by atoms with Crippen LogP contribution in [0.1, 0.15) is 64.5 Å². The Labute approximate surface area is 138 Å². The predicted molar refractivity (Wildman–Crippen MR) is 90.6 cm³/mol. The number of pyridine rings is 1. The molecule has 0 bridgehead atoms. The van der Waals surface area contributed by atoms with E-state index in [0.29, 0.717) is 0 Å². The molecule has 1 N–H and O–H groups in total. The lowest BCUT2D eigenvalue weighted by Gasteiger charge is -2.31. The summed E-state index contributed by atoms with van der Waals surface area (Å²) < 4.78 is 5.62. The number of nitrogens with one attached hydrogen (secondary N) is 1. The third-order valence-corrected chi connectivity index (χ3v) is 4.23. The third-order valence-electron chi connectivity index (χ3n) is 4.23.